The highest BCUT2D eigenvalue weighted by Crippen LogP contribution is 2.10. The maximum Gasteiger partial charge on any atom is 0.251 e. The molecule has 1 rings (SSSR count). The zero-order valence-electron chi connectivity index (χ0n) is 10.7. The summed E-state index contributed by atoms with van der Waals surface area (Å²) in [7, 11) is 0. The number of hydrogen-bond donors (Lipinski definition) is 1. The van der Waals surface area contributed by atoms with Crippen LogP contribution in [0.1, 0.15) is 27.7 Å². The van der Waals surface area contributed by atoms with Crippen LogP contribution < -0.4 is 5.32 Å². The summed E-state index contributed by atoms with van der Waals surface area (Å²) in [5, 5.41) is 3.09. The van der Waals surface area contributed by atoms with Gasteiger partial charge in [0.2, 0.25) is 5.96 Å². The lowest BCUT2D eigenvalue weighted by molar-refractivity contribution is 0.293. The molecule has 0 atom stereocenters. The van der Waals surface area contributed by atoms with E-state index in [1.165, 1.54) is 0 Å². The lowest BCUT2D eigenvalue weighted by Gasteiger charge is -2.29. The Bertz CT molecular complexity index is 253. The Morgan fingerprint density at radius 3 is 2.06 bits per heavy atom. The van der Waals surface area contributed by atoms with Gasteiger partial charge in [-0.1, -0.05) is 13.8 Å². The smallest absolute Gasteiger partial charge is 0.251 e. The molecule has 5 heteroatoms. The minimum absolute atomic E-state index is 0.797. The van der Waals surface area contributed by atoms with E-state index in [-0.39, 0.29) is 0 Å². The summed E-state index contributed by atoms with van der Waals surface area (Å²) in [6.45, 7) is 12.2. The van der Waals surface area contributed by atoms with E-state index in [0.717, 1.165) is 38.4 Å². The predicted octanol–water partition coefficient (Wildman–Crippen LogP) is 1.10. The van der Waals surface area contributed by atoms with E-state index in [1.807, 2.05) is 0 Å². The van der Waals surface area contributed by atoms with Gasteiger partial charge in [0.1, 0.15) is 0 Å². The average Bonchev–Trinajstić information content (AvgIpc) is 2.33. The Morgan fingerprint density at radius 1 is 1.00 bits per heavy atom. The van der Waals surface area contributed by atoms with Crippen molar-refractivity contribution in [2.45, 2.75) is 27.7 Å². The molecule has 0 unspecified atom stereocenters. The topological polar surface area (TPSA) is 43.2 Å². The molecule has 91 valence electrons. The van der Waals surface area contributed by atoms with Gasteiger partial charge < -0.3 is 10.2 Å². The van der Waals surface area contributed by atoms with Crippen molar-refractivity contribution in [2.75, 3.05) is 26.2 Å². The van der Waals surface area contributed by atoms with Gasteiger partial charge in [-0.3, -0.25) is 4.90 Å². The van der Waals surface area contributed by atoms with Gasteiger partial charge in [-0.25, -0.2) is 9.98 Å². The molecule has 1 aliphatic rings. The lowest BCUT2D eigenvalue weighted by Crippen LogP contribution is -2.42. The van der Waals surface area contributed by atoms with Crippen molar-refractivity contribution in [3.63, 3.8) is 0 Å². The molecule has 1 radical (unpaired) electrons. The quantitative estimate of drug-likeness (QED) is 0.760. The number of rotatable bonds is 5. The van der Waals surface area contributed by atoms with Gasteiger partial charge in [0.25, 0.3) is 6.29 Å². The first-order valence-electron chi connectivity index (χ1n) is 6.01. The molecule has 0 aromatic carbocycles. The summed E-state index contributed by atoms with van der Waals surface area (Å²) in [5.41, 5.74) is 0. The zero-order valence-corrected chi connectivity index (χ0v) is 10.7. The van der Waals surface area contributed by atoms with Crippen molar-refractivity contribution in [1.29, 1.82) is 0 Å². The molecule has 0 spiro atoms. The Kier molecular flexibility index (Phi) is 5.25. The fourth-order valence-corrected chi connectivity index (χ4v) is 1.65. The first-order chi connectivity index (χ1) is 7.76. The van der Waals surface area contributed by atoms with Crippen LogP contribution >= 0.6 is 0 Å². The molecule has 1 heterocycles. The monoisotopic (exact) mass is 224 g/mol. The second-order valence-corrected chi connectivity index (χ2v) is 3.48. The zero-order chi connectivity index (χ0) is 12.0. The summed E-state index contributed by atoms with van der Waals surface area (Å²) in [4.78, 5) is 13.1. The van der Waals surface area contributed by atoms with E-state index in [2.05, 4.69) is 52.8 Å². The van der Waals surface area contributed by atoms with Gasteiger partial charge in [0.05, 0.1) is 6.34 Å². The SMILES string of the molecule is CCN(CC)[C]1N=C(N(CC)CC)N=CN1. The maximum absolute atomic E-state index is 4.54. The average molecular weight is 224 g/mol. The second kappa shape index (κ2) is 6.48. The van der Waals surface area contributed by atoms with Crippen LogP contribution in [0.4, 0.5) is 0 Å². The number of hydrogen-bond acceptors (Lipinski definition) is 5. The molecule has 0 fully saturated rings. The van der Waals surface area contributed by atoms with E-state index < -0.39 is 0 Å². The molecule has 16 heavy (non-hydrogen) atoms. The fourth-order valence-electron chi connectivity index (χ4n) is 1.65. The molecule has 0 bridgehead atoms. The van der Waals surface area contributed by atoms with Crippen LogP contribution in [-0.4, -0.2) is 48.3 Å². The summed E-state index contributed by atoms with van der Waals surface area (Å²) in [6, 6.07) is 0. The fraction of sp³-hybridized carbons (Fsp3) is 0.727. The van der Waals surface area contributed by atoms with E-state index >= 15 is 0 Å². The maximum atomic E-state index is 4.54. The number of aliphatic imine (C=N–C) groups is 2. The number of nitrogens with one attached hydrogen (secondary N) is 1. The second-order valence-electron chi connectivity index (χ2n) is 3.48. The van der Waals surface area contributed by atoms with Crippen LogP contribution in [-0.2, 0) is 0 Å². The van der Waals surface area contributed by atoms with Crippen LogP contribution in [0.15, 0.2) is 9.98 Å². The van der Waals surface area contributed by atoms with Crippen molar-refractivity contribution in [1.82, 2.24) is 15.1 Å². The molecule has 0 aromatic heterocycles. The molecule has 5 nitrogen and oxygen atoms in total. The highest BCUT2D eigenvalue weighted by atomic mass is 15.4. The van der Waals surface area contributed by atoms with Crippen LogP contribution in [0, 0.1) is 6.29 Å². The largest absolute Gasteiger partial charge is 0.342 e. The van der Waals surface area contributed by atoms with Crippen LogP contribution in [0.2, 0.25) is 0 Å². The van der Waals surface area contributed by atoms with Crippen molar-refractivity contribution in [3.8, 4) is 0 Å². The van der Waals surface area contributed by atoms with Crippen LogP contribution in [0.25, 0.3) is 0 Å². The minimum Gasteiger partial charge on any atom is -0.342 e. The van der Waals surface area contributed by atoms with Gasteiger partial charge in [-0.15, -0.1) is 0 Å². The molecule has 1 N–H and O–H groups in total. The van der Waals surface area contributed by atoms with E-state index in [1.54, 1.807) is 6.34 Å². The highest BCUT2D eigenvalue weighted by Gasteiger charge is 2.20. The third kappa shape index (κ3) is 2.95. The first-order valence-corrected chi connectivity index (χ1v) is 6.01. The Hall–Kier alpha value is -1.10. The van der Waals surface area contributed by atoms with Crippen LogP contribution in [0.5, 0.6) is 0 Å². The molecule has 0 saturated carbocycles. The third-order valence-electron chi connectivity index (χ3n) is 2.69. The summed E-state index contributed by atoms with van der Waals surface area (Å²) < 4.78 is 0. The summed E-state index contributed by atoms with van der Waals surface area (Å²) >= 11 is 0. The lowest BCUT2D eigenvalue weighted by atomic mass is 10.5. The molecular weight excluding hydrogens is 202 g/mol. The van der Waals surface area contributed by atoms with Gasteiger partial charge >= 0.3 is 0 Å². The van der Waals surface area contributed by atoms with Gasteiger partial charge in [-0.2, -0.15) is 0 Å². The normalized spacial score (nSPS) is 16.2. The Labute approximate surface area is 98.2 Å². The van der Waals surface area contributed by atoms with Gasteiger partial charge in [-0.05, 0) is 26.9 Å². The molecule has 0 aliphatic carbocycles. The van der Waals surface area contributed by atoms with E-state index in [0.29, 0.717) is 0 Å². The molecule has 0 aromatic rings. The van der Waals surface area contributed by atoms with E-state index in [9.17, 15) is 0 Å². The van der Waals surface area contributed by atoms with Crippen molar-refractivity contribution < 1.29 is 0 Å². The Balaban J connectivity index is 2.74. The molecular formula is C11H22N5. The predicted molar refractivity (Wildman–Crippen MR) is 68.1 cm³/mol. The number of nitrogens with zero attached hydrogens (tertiary/aromatic N) is 4. The first kappa shape index (κ1) is 13.0. The minimum atomic E-state index is 0.797. The standard InChI is InChI=1S/C11H22N5/c1-5-15(6-2)10-12-9-13-11(14-10)16(7-3)8-4/h9H,5-8H2,1-4H3,(H,12,13,14). The highest BCUT2D eigenvalue weighted by molar-refractivity contribution is 5.89. The molecule has 1 aliphatic heterocycles. The Morgan fingerprint density at radius 2 is 1.56 bits per heavy atom. The molecule has 0 amide bonds. The van der Waals surface area contributed by atoms with Crippen molar-refractivity contribution in [3.05, 3.63) is 6.29 Å². The van der Waals surface area contributed by atoms with Gasteiger partial charge in [0, 0.05) is 13.1 Å². The molecule has 0 saturated heterocycles. The number of guanidine groups is 1. The van der Waals surface area contributed by atoms with Crippen molar-refractivity contribution >= 4 is 12.3 Å². The third-order valence-corrected chi connectivity index (χ3v) is 2.69. The van der Waals surface area contributed by atoms with E-state index in [4.69, 9.17) is 0 Å². The van der Waals surface area contributed by atoms with Crippen molar-refractivity contribution in [2.24, 2.45) is 9.98 Å². The van der Waals surface area contributed by atoms with Crippen LogP contribution in [0.3, 0.4) is 0 Å². The summed E-state index contributed by atoms with van der Waals surface area (Å²) in [6.07, 6.45) is 2.61. The summed E-state index contributed by atoms with van der Waals surface area (Å²) in [5.74, 6) is 0.797. The van der Waals surface area contributed by atoms with Gasteiger partial charge in [0.15, 0.2) is 0 Å².